The van der Waals surface area contributed by atoms with Crippen molar-refractivity contribution in [3.05, 3.63) is 84.9 Å². The summed E-state index contributed by atoms with van der Waals surface area (Å²) in [4.78, 5) is 0. The van der Waals surface area contributed by atoms with Crippen molar-refractivity contribution >= 4 is 22.9 Å². The Bertz CT molecular complexity index is 1070. The fourth-order valence-electron chi connectivity index (χ4n) is 4.06. The second-order valence-electron chi connectivity index (χ2n) is 10.1. The van der Waals surface area contributed by atoms with Gasteiger partial charge in [-0.25, -0.2) is 0 Å². The Hall–Kier alpha value is -3.04. The zero-order valence-electron chi connectivity index (χ0n) is 20.8. The molecule has 0 radical (unpaired) electrons. The molecule has 180 valence electrons. The highest BCUT2D eigenvalue weighted by atomic mass is 16.7. The molecule has 4 rings (SSSR count). The first-order valence-corrected chi connectivity index (χ1v) is 12.2. The van der Waals surface area contributed by atoms with Gasteiger partial charge in [0.2, 0.25) is 6.29 Å². The van der Waals surface area contributed by atoms with Gasteiger partial charge >= 0.3 is 0 Å². The van der Waals surface area contributed by atoms with Crippen molar-refractivity contribution in [1.82, 2.24) is 0 Å². The first-order valence-electron chi connectivity index (χ1n) is 12.2. The lowest BCUT2D eigenvalue weighted by molar-refractivity contribution is -0.132. The minimum Gasteiger partial charge on any atom is -0.508 e. The summed E-state index contributed by atoms with van der Waals surface area (Å²) in [6.07, 6.45) is 9.52. The summed E-state index contributed by atoms with van der Waals surface area (Å²) < 4.78 is 12.6. The maximum Gasteiger partial charge on any atom is 0.200 e. The molecule has 0 aliphatic heterocycles. The van der Waals surface area contributed by atoms with Crippen LogP contribution in [-0.2, 0) is 4.74 Å². The van der Waals surface area contributed by atoms with Gasteiger partial charge in [0, 0.05) is 6.42 Å². The summed E-state index contributed by atoms with van der Waals surface area (Å²) in [6, 6.07) is 19.5. The Morgan fingerprint density at radius 3 is 2.09 bits per heavy atom. The Morgan fingerprint density at radius 2 is 1.47 bits per heavy atom. The molecule has 1 unspecified atom stereocenters. The first-order chi connectivity index (χ1) is 16.3. The lowest BCUT2D eigenvalue weighted by Gasteiger charge is -2.29. The van der Waals surface area contributed by atoms with Gasteiger partial charge in [-0.1, -0.05) is 89.3 Å². The molecule has 1 fully saturated rings. The highest BCUT2D eigenvalue weighted by molar-refractivity contribution is 5.85. The average Bonchev–Trinajstić information content (AvgIpc) is 3.31. The number of phenolic OH excluding ortho intramolecular Hbond substituents is 1. The number of hydrogen-bond donors (Lipinski definition) is 1. The van der Waals surface area contributed by atoms with E-state index in [0.29, 0.717) is 11.9 Å². The third-order valence-corrected chi connectivity index (χ3v) is 5.89. The molecule has 3 aromatic carbocycles. The van der Waals surface area contributed by atoms with Crippen LogP contribution in [0.1, 0.15) is 64.0 Å². The molecule has 0 heterocycles. The SMILES string of the molecule is C=Cc1ccc(O)cc1.C=Cc1ccc2cc(OC(CC(C)(C)C)OC3CCCC3)ccc2c1. The third-order valence-electron chi connectivity index (χ3n) is 5.89. The van der Waals surface area contributed by atoms with Crippen molar-refractivity contribution in [2.75, 3.05) is 0 Å². The molecule has 34 heavy (non-hydrogen) atoms. The van der Waals surface area contributed by atoms with Gasteiger partial charge in [0.15, 0.2) is 0 Å². The second-order valence-corrected chi connectivity index (χ2v) is 10.1. The molecule has 1 N–H and O–H groups in total. The Morgan fingerprint density at radius 1 is 0.882 bits per heavy atom. The predicted octanol–water partition coefficient (Wildman–Crippen LogP) is 8.62. The number of fused-ring (bicyclic) bond motifs is 1. The number of aromatic hydroxyl groups is 1. The van der Waals surface area contributed by atoms with Gasteiger partial charge in [0.05, 0.1) is 6.10 Å². The third kappa shape index (κ3) is 8.07. The summed E-state index contributed by atoms with van der Waals surface area (Å²) >= 11 is 0. The molecule has 1 atom stereocenters. The largest absolute Gasteiger partial charge is 0.508 e. The quantitative estimate of drug-likeness (QED) is 0.360. The highest BCUT2D eigenvalue weighted by Crippen LogP contribution is 2.30. The van der Waals surface area contributed by atoms with Crippen LogP contribution in [0.5, 0.6) is 11.5 Å². The number of phenols is 1. The molecule has 3 aromatic rings. The van der Waals surface area contributed by atoms with E-state index in [4.69, 9.17) is 14.6 Å². The van der Waals surface area contributed by atoms with E-state index in [-0.39, 0.29) is 11.7 Å². The maximum atomic E-state index is 8.82. The van der Waals surface area contributed by atoms with E-state index in [1.165, 1.54) is 23.6 Å². The van der Waals surface area contributed by atoms with E-state index in [9.17, 15) is 0 Å². The first kappa shape index (κ1) is 25.6. The Kier molecular flexibility index (Phi) is 8.95. The van der Waals surface area contributed by atoms with Gasteiger partial charge in [0.1, 0.15) is 11.5 Å². The van der Waals surface area contributed by atoms with E-state index in [2.05, 4.69) is 64.3 Å². The standard InChI is InChI=1S/C23H30O2.C8H8O/c1-5-17-10-11-19-15-21(13-12-18(19)14-17)25-22(16-23(2,3)4)24-20-8-6-7-9-20;1-2-7-3-5-8(9)6-4-7/h5,10-15,20,22H,1,6-9,16H2,2-4H3;2-6,9H,1H2. The molecular formula is C31H38O3. The zero-order chi connectivity index (χ0) is 24.6. The van der Waals surface area contributed by atoms with Crippen LogP contribution in [0, 0.1) is 5.41 Å². The van der Waals surface area contributed by atoms with Crippen molar-refractivity contribution in [3.63, 3.8) is 0 Å². The van der Waals surface area contributed by atoms with Crippen molar-refractivity contribution < 1.29 is 14.6 Å². The van der Waals surface area contributed by atoms with Gasteiger partial charge in [-0.2, -0.15) is 0 Å². The van der Waals surface area contributed by atoms with Gasteiger partial charge in [-0.15, -0.1) is 0 Å². The molecule has 0 bridgehead atoms. The van der Waals surface area contributed by atoms with Crippen LogP contribution in [0.4, 0.5) is 0 Å². The molecule has 0 amide bonds. The van der Waals surface area contributed by atoms with Crippen LogP contribution in [0.15, 0.2) is 73.8 Å². The van der Waals surface area contributed by atoms with Gasteiger partial charge in [-0.3, -0.25) is 0 Å². The highest BCUT2D eigenvalue weighted by Gasteiger charge is 2.26. The molecule has 1 aliphatic rings. The lowest BCUT2D eigenvalue weighted by Crippen LogP contribution is -2.30. The molecule has 3 heteroatoms. The molecule has 3 nitrogen and oxygen atoms in total. The van der Waals surface area contributed by atoms with Crippen LogP contribution in [0.2, 0.25) is 0 Å². The number of rotatable bonds is 7. The van der Waals surface area contributed by atoms with Crippen LogP contribution in [0.3, 0.4) is 0 Å². The van der Waals surface area contributed by atoms with E-state index in [1.54, 1.807) is 18.2 Å². The lowest BCUT2D eigenvalue weighted by atomic mass is 9.92. The Balaban J connectivity index is 0.000000302. The van der Waals surface area contributed by atoms with E-state index >= 15 is 0 Å². The molecule has 0 saturated heterocycles. The smallest absolute Gasteiger partial charge is 0.200 e. The normalized spacial score (nSPS) is 14.8. The topological polar surface area (TPSA) is 38.7 Å². The van der Waals surface area contributed by atoms with E-state index < -0.39 is 0 Å². The minimum atomic E-state index is -0.187. The number of ether oxygens (including phenoxy) is 2. The monoisotopic (exact) mass is 458 g/mol. The summed E-state index contributed by atoms with van der Waals surface area (Å²) in [5, 5.41) is 11.2. The van der Waals surface area contributed by atoms with Crippen LogP contribution < -0.4 is 4.74 Å². The van der Waals surface area contributed by atoms with Crippen LogP contribution in [0.25, 0.3) is 22.9 Å². The van der Waals surface area contributed by atoms with E-state index in [0.717, 1.165) is 36.1 Å². The fourth-order valence-corrected chi connectivity index (χ4v) is 4.06. The fraction of sp³-hybridized carbons (Fsp3) is 0.355. The van der Waals surface area contributed by atoms with Crippen molar-refractivity contribution in [2.45, 2.75) is 65.3 Å². The van der Waals surface area contributed by atoms with Crippen molar-refractivity contribution in [2.24, 2.45) is 5.41 Å². The zero-order valence-corrected chi connectivity index (χ0v) is 20.8. The van der Waals surface area contributed by atoms with Gasteiger partial charge < -0.3 is 14.6 Å². The van der Waals surface area contributed by atoms with Crippen LogP contribution in [-0.4, -0.2) is 17.5 Å². The second kappa shape index (κ2) is 11.9. The van der Waals surface area contributed by atoms with Gasteiger partial charge in [-0.05, 0) is 70.5 Å². The molecule has 0 aromatic heterocycles. The maximum absolute atomic E-state index is 8.82. The Labute approximate surface area is 204 Å². The minimum absolute atomic E-state index is 0.166. The predicted molar refractivity (Wildman–Crippen MR) is 144 cm³/mol. The molecule has 1 saturated carbocycles. The number of benzene rings is 3. The number of hydrogen-bond acceptors (Lipinski definition) is 3. The summed E-state index contributed by atoms with van der Waals surface area (Å²) in [5.74, 6) is 1.17. The summed E-state index contributed by atoms with van der Waals surface area (Å²) in [6.45, 7) is 14.1. The summed E-state index contributed by atoms with van der Waals surface area (Å²) in [5.41, 5.74) is 2.32. The molecule has 1 aliphatic carbocycles. The van der Waals surface area contributed by atoms with Crippen LogP contribution >= 0.6 is 0 Å². The molecular weight excluding hydrogens is 420 g/mol. The summed E-state index contributed by atoms with van der Waals surface area (Å²) in [7, 11) is 0. The average molecular weight is 459 g/mol. The van der Waals surface area contributed by atoms with Gasteiger partial charge in [0.25, 0.3) is 0 Å². The molecule has 0 spiro atoms. The van der Waals surface area contributed by atoms with Crippen molar-refractivity contribution in [3.8, 4) is 11.5 Å². The van der Waals surface area contributed by atoms with Crippen molar-refractivity contribution in [1.29, 1.82) is 0 Å². The van der Waals surface area contributed by atoms with E-state index in [1.807, 2.05) is 24.3 Å².